The molecular weight excluding hydrogens is 275 g/mol. The Bertz CT molecular complexity index is 471. The van der Waals surface area contributed by atoms with Crippen molar-refractivity contribution in [2.24, 2.45) is 0 Å². The van der Waals surface area contributed by atoms with Crippen LogP contribution in [0.3, 0.4) is 0 Å². The molecule has 0 bridgehead atoms. The lowest BCUT2D eigenvalue weighted by Gasteiger charge is -1.91. The highest BCUT2D eigenvalue weighted by Crippen LogP contribution is 2.13. The van der Waals surface area contributed by atoms with Crippen LogP contribution in [0.15, 0.2) is 31.1 Å². The minimum Gasteiger partial charge on any atom is -0.305 e. The van der Waals surface area contributed by atoms with Crippen LogP contribution >= 0.6 is 22.6 Å². The maximum atomic E-state index is 4.41. The molecule has 0 N–H and O–H groups in total. The molecule has 2 aromatic rings. The van der Waals surface area contributed by atoms with Crippen molar-refractivity contribution in [3.63, 3.8) is 0 Å². The summed E-state index contributed by atoms with van der Waals surface area (Å²) in [4.78, 5) is 4.41. The van der Waals surface area contributed by atoms with E-state index in [1.165, 1.54) is 3.57 Å². The predicted octanol–water partition coefficient (Wildman–Crippen LogP) is 2.97. The molecule has 13 heavy (non-hydrogen) atoms. The van der Waals surface area contributed by atoms with Gasteiger partial charge in [0.25, 0.3) is 0 Å². The first kappa shape index (κ1) is 8.74. The zero-order valence-electron chi connectivity index (χ0n) is 7.29. The highest BCUT2D eigenvalue weighted by molar-refractivity contribution is 14.1. The number of imidazole rings is 1. The number of allylic oxidation sites excluding steroid dienone is 1. The molecule has 2 aromatic heterocycles. The molecule has 2 heterocycles. The maximum Gasteiger partial charge on any atom is 0.137 e. The molecule has 0 spiro atoms. The summed E-state index contributed by atoms with van der Waals surface area (Å²) in [5.74, 6) is 0. The molecule has 3 heteroatoms. The molecule has 0 saturated carbocycles. The number of aromatic nitrogens is 2. The van der Waals surface area contributed by atoms with Gasteiger partial charge in [-0.1, -0.05) is 6.58 Å². The average molecular weight is 284 g/mol. The Morgan fingerprint density at radius 1 is 1.46 bits per heavy atom. The molecule has 66 valence electrons. The van der Waals surface area contributed by atoms with Crippen molar-refractivity contribution in [1.82, 2.24) is 9.38 Å². The van der Waals surface area contributed by atoms with E-state index in [2.05, 4.69) is 40.4 Å². The highest BCUT2D eigenvalue weighted by Gasteiger charge is 2.01. The van der Waals surface area contributed by atoms with Gasteiger partial charge in [-0.3, -0.25) is 0 Å². The first-order valence-corrected chi connectivity index (χ1v) is 5.05. The summed E-state index contributed by atoms with van der Waals surface area (Å²) in [6, 6.07) is 4.05. The van der Waals surface area contributed by atoms with Gasteiger partial charge >= 0.3 is 0 Å². The number of pyridine rings is 1. The number of fused-ring (bicyclic) bond motifs is 1. The van der Waals surface area contributed by atoms with Crippen LogP contribution in [0.4, 0.5) is 0 Å². The van der Waals surface area contributed by atoms with Crippen molar-refractivity contribution in [3.8, 4) is 0 Å². The third-order valence-corrected chi connectivity index (χ3v) is 2.49. The van der Waals surface area contributed by atoms with E-state index >= 15 is 0 Å². The van der Waals surface area contributed by atoms with E-state index in [4.69, 9.17) is 0 Å². The van der Waals surface area contributed by atoms with Gasteiger partial charge in [0.2, 0.25) is 0 Å². The first-order chi connectivity index (χ1) is 6.16. The summed E-state index contributed by atoms with van der Waals surface area (Å²) in [5, 5.41) is 0. The van der Waals surface area contributed by atoms with Gasteiger partial charge in [0.1, 0.15) is 5.65 Å². The van der Waals surface area contributed by atoms with Gasteiger partial charge in [-0.25, -0.2) is 4.98 Å². The summed E-state index contributed by atoms with van der Waals surface area (Å²) in [6.07, 6.45) is 4.05. The van der Waals surface area contributed by atoms with Crippen LogP contribution in [0.25, 0.3) is 11.2 Å². The minimum absolute atomic E-state index is 0.960. The van der Waals surface area contributed by atoms with Crippen LogP contribution in [0.1, 0.15) is 12.6 Å². The summed E-state index contributed by atoms with van der Waals surface area (Å²) in [5.41, 5.74) is 2.93. The number of halogens is 1. The smallest absolute Gasteiger partial charge is 0.137 e. The molecule has 2 rings (SSSR count). The second kappa shape index (κ2) is 3.14. The van der Waals surface area contributed by atoms with E-state index in [0.717, 1.165) is 16.9 Å². The number of rotatable bonds is 1. The molecule has 0 amide bonds. The van der Waals surface area contributed by atoms with Crippen LogP contribution in [-0.2, 0) is 0 Å². The Labute approximate surface area is 90.4 Å². The summed E-state index contributed by atoms with van der Waals surface area (Å²) in [6.45, 7) is 5.83. The summed E-state index contributed by atoms with van der Waals surface area (Å²) in [7, 11) is 0. The number of hydrogen-bond acceptors (Lipinski definition) is 1. The summed E-state index contributed by atoms with van der Waals surface area (Å²) < 4.78 is 3.22. The Balaban J connectivity index is 2.68. The van der Waals surface area contributed by atoms with Crippen molar-refractivity contribution >= 4 is 33.8 Å². The fourth-order valence-electron chi connectivity index (χ4n) is 1.17. The Hall–Kier alpha value is -0.840. The quantitative estimate of drug-likeness (QED) is 0.736. The second-order valence-electron chi connectivity index (χ2n) is 3.02. The van der Waals surface area contributed by atoms with E-state index in [9.17, 15) is 0 Å². The number of hydrogen-bond donors (Lipinski definition) is 0. The van der Waals surface area contributed by atoms with Crippen molar-refractivity contribution in [2.45, 2.75) is 6.92 Å². The molecule has 0 atom stereocenters. The fraction of sp³-hybridized carbons (Fsp3) is 0.100. The van der Waals surface area contributed by atoms with Crippen LogP contribution in [0.2, 0.25) is 0 Å². The lowest BCUT2D eigenvalue weighted by Crippen LogP contribution is -1.82. The summed E-state index contributed by atoms with van der Waals surface area (Å²) >= 11 is 2.28. The van der Waals surface area contributed by atoms with Crippen LogP contribution in [0, 0.1) is 3.57 Å². The lowest BCUT2D eigenvalue weighted by atomic mass is 10.3. The molecule has 0 saturated heterocycles. The van der Waals surface area contributed by atoms with Gasteiger partial charge in [0.05, 0.1) is 5.69 Å². The highest BCUT2D eigenvalue weighted by atomic mass is 127. The van der Waals surface area contributed by atoms with Crippen molar-refractivity contribution in [1.29, 1.82) is 0 Å². The number of nitrogens with zero attached hydrogens (tertiary/aromatic N) is 2. The van der Waals surface area contributed by atoms with Crippen molar-refractivity contribution in [3.05, 3.63) is 40.4 Å². The van der Waals surface area contributed by atoms with Gasteiger partial charge in [0.15, 0.2) is 0 Å². The molecule has 0 fully saturated rings. The molecule has 0 unspecified atom stereocenters. The van der Waals surface area contributed by atoms with E-state index < -0.39 is 0 Å². The van der Waals surface area contributed by atoms with Crippen LogP contribution in [-0.4, -0.2) is 9.38 Å². The molecule has 0 aromatic carbocycles. The molecule has 0 aliphatic heterocycles. The third-order valence-electron chi connectivity index (χ3n) is 1.85. The normalized spacial score (nSPS) is 10.6. The fourth-order valence-corrected chi connectivity index (χ4v) is 1.65. The average Bonchev–Trinajstić information content (AvgIpc) is 2.46. The van der Waals surface area contributed by atoms with Crippen LogP contribution in [0.5, 0.6) is 0 Å². The van der Waals surface area contributed by atoms with E-state index in [1.807, 2.05) is 29.7 Å². The van der Waals surface area contributed by atoms with Gasteiger partial charge in [-0.2, -0.15) is 0 Å². The topological polar surface area (TPSA) is 17.3 Å². The van der Waals surface area contributed by atoms with Gasteiger partial charge in [0, 0.05) is 16.0 Å². The van der Waals surface area contributed by atoms with E-state index in [-0.39, 0.29) is 0 Å². The lowest BCUT2D eigenvalue weighted by molar-refractivity contribution is 1.17. The van der Waals surface area contributed by atoms with Crippen molar-refractivity contribution < 1.29 is 0 Å². The van der Waals surface area contributed by atoms with E-state index in [1.54, 1.807) is 0 Å². The second-order valence-corrected chi connectivity index (χ2v) is 4.26. The molecule has 0 radical (unpaired) electrons. The largest absolute Gasteiger partial charge is 0.305 e. The Morgan fingerprint density at radius 2 is 2.23 bits per heavy atom. The SMILES string of the molecule is C=C(C)c1cn2cc(I)ccc2n1. The molecule has 2 nitrogen and oxygen atoms in total. The minimum atomic E-state index is 0.960. The Morgan fingerprint density at radius 3 is 2.92 bits per heavy atom. The van der Waals surface area contributed by atoms with Crippen LogP contribution < -0.4 is 0 Å². The molecule has 0 aliphatic carbocycles. The van der Waals surface area contributed by atoms with Crippen molar-refractivity contribution in [2.75, 3.05) is 0 Å². The zero-order chi connectivity index (χ0) is 9.42. The zero-order valence-corrected chi connectivity index (χ0v) is 9.45. The Kier molecular flexibility index (Phi) is 2.11. The third kappa shape index (κ3) is 1.60. The van der Waals surface area contributed by atoms with E-state index in [0.29, 0.717) is 0 Å². The van der Waals surface area contributed by atoms with Gasteiger partial charge in [-0.05, 0) is 47.2 Å². The first-order valence-electron chi connectivity index (χ1n) is 3.97. The maximum absolute atomic E-state index is 4.41. The standard InChI is InChI=1S/C10H9IN2/c1-7(2)9-6-13-5-8(11)3-4-10(13)12-9/h3-6H,1H2,2H3. The monoisotopic (exact) mass is 284 g/mol. The molecule has 0 aliphatic rings. The van der Waals surface area contributed by atoms with Gasteiger partial charge in [-0.15, -0.1) is 0 Å². The molecular formula is C10H9IN2. The predicted molar refractivity (Wildman–Crippen MR) is 62.6 cm³/mol. The van der Waals surface area contributed by atoms with Gasteiger partial charge < -0.3 is 4.40 Å².